The molecule has 26 heavy (non-hydrogen) atoms. The summed E-state index contributed by atoms with van der Waals surface area (Å²) in [6, 6.07) is 10.2. The molecule has 0 radical (unpaired) electrons. The summed E-state index contributed by atoms with van der Waals surface area (Å²) in [6.07, 6.45) is 1.55. The van der Waals surface area contributed by atoms with Gasteiger partial charge in [0, 0.05) is 11.5 Å². The van der Waals surface area contributed by atoms with Crippen LogP contribution in [0.2, 0.25) is 5.02 Å². The van der Waals surface area contributed by atoms with Crippen molar-refractivity contribution in [2.45, 2.75) is 6.54 Å². The van der Waals surface area contributed by atoms with E-state index in [1.807, 2.05) is 6.07 Å². The van der Waals surface area contributed by atoms with Gasteiger partial charge in [0.05, 0.1) is 36.5 Å². The molecule has 1 heterocycles. The number of anilines is 1. The molecule has 3 rings (SSSR count). The number of carbonyl (C=O) groups is 1. The van der Waals surface area contributed by atoms with Gasteiger partial charge in [0.2, 0.25) is 5.91 Å². The molecule has 2 aromatic carbocycles. The second-order valence-corrected chi connectivity index (χ2v) is 5.84. The molecule has 0 saturated carbocycles. The topological polar surface area (TPSA) is 82.4 Å². The lowest BCUT2D eigenvalue weighted by Crippen LogP contribution is -2.29. The summed E-state index contributed by atoms with van der Waals surface area (Å²) in [5, 5.41) is 8.26. The van der Waals surface area contributed by atoms with E-state index in [2.05, 4.69) is 10.4 Å². The number of rotatable bonds is 5. The first kappa shape index (κ1) is 17.8. The average molecular weight is 374 g/mol. The molecule has 134 valence electrons. The predicted octanol–water partition coefficient (Wildman–Crippen LogP) is 2.71. The number of carbonyl (C=O) groups excluding carboxylic acids is 1. The zero-order valence-corrected chi connectivity index (χ0v) is 14.9. The number of nitrogens with zero attached hydrogens (tertiary/aromatic N) is 2. The molecule has 8 heteroatoms. The maximum absolute atomic E-state index is 12.4. The third kappa shape index (κ3) is 3.48. The van der Waals surface area contributed by atoms with Crippen LogP contribution in [0.25, 0.3) is 10.8 Å². The standard InChI is InChI=1S/C18H16ClN3O4/c1-25-15-8-16(26-2)14(7-13(15)19)21-17(23)10-22-18(24)12-6-4-3-5-11(12)9-20-22/h3-9H,10H2,1-2H3,(H,21,23). The maximum atomic E-state index is 12.4. The smallest absolute Gasteiger partial charge is 0.275 e. The van der Waals surface area contributed by atoms with Gasteiger partial charge in [0.25, 0.3) is 5.56 Å². The molecule has 1 N–H and O–H groups in total. The van der Waals surface area contributed by atoms with Crippen molar-refractivity contribution < 1.29 is 14.3 Å². The second kappa shape index (κ2) is 7.45. The maximum Gasteiger partial charge on any atom is 0.275 e. The molecule has 0 atom stereocenters. The van der Waals surface area contributed by atoms with Crippen LogP contribution >= 0.6 is 11.6 Å². The highest BCUT2D eigenvalue weighted by Gasteiger charge is 2.14. The Hall–Kier alpha value is -3.06. The van der Waals surface area contributed by atoms with Crippen LogP contribution in [0.4, 0.5) is 5.69 Å². The van der Waals surface area contributed by atoms with Gasteiger partial charge in [-0.2, -0.15) is 5.10 Å². The first-order valence-corrected chi connectivity index (χ1v) is 8.07. The third-order valence-corrected chi connectivity index (χ3v) is 4.10. The molecule has 0 aliphatic heterocycles. The van der Waals surface area contributed by atoms with Crippen molar-refractivity contribution in [1.29, 1.82) is 0 Å². The van der Waals surface area contributed by atoms with Gasteiger partial charge in [-0.25, -0.2) is 4.68 Å². The van der Waals surface area contributed by atoms with Gasteiger partial charge in [-0.05, 0) is 12.1 Å². The van der Waals surface area contributed by atoms with Crippen molar-refractivity contribution in [2.75, 3.05) is 19.5 Å². The second-order valence-electron chi connectivity index (χ2n) is 5.43. The van der Waals surface area contributed by atoms with Crippen LogP contribution in [0.3, 0.4) is 0 Å². The van der Waals surface area contributed by atoms with Crippen molar-refractivity contribution >= 4 is 34.0 Å². The first-order valence-electron chi connectivity index (χ1n) is 7.69. The van der Waals surface area contributed by atoms with Crippen LogP contribution in [0, 0.1) is 0 Å². The van der Waals surface area contributed by atoms with E-state index in [0.29, 0.717) is 27.6 Å². The van der Waals surface area contributed by atoms with E-state index in [0.717, 1.165) is 10.1 Å². The Morgan fingerprint density at radius 2 is 1.92 bits per heavy atom. The fraction of sp³-hybridized carbons (Fsp3) is 0.167. The van der Waals surface area contributed by atoms with Gasteiger partial charge in [-0.3, -0.25) is 9.59 Å². The predicted molar refractivity (Wildman–Crippen MR) is 99.2 cm³/mol. The molecule has 0 bridgehead atoms. The molecule has 7 nitrogen and oxygen atoms in total. The Bertz CT molecular complexity index is 1030. The van der Waals surface area contributed by atoms with Crippen molar-refractivity contribution in [1.82, 2.24) is 9.78 Å². The van der Waals surface area contributed by atoms with Crippen LogP contribution in [-0.2, 0) is 11.3 Å². The van der Waals surface area contributed by atoms with E-state index < -0.39 is 5.91 Å². The van der Waals surface area contributed by atoms with Gasteiger partial charge >= 0.3 is 0 Å². The average Bonchev–Trinajstić information content (AvgIpc) is 2.64. The quantitative estimate of drug-likeness (QED) is 0.743. The SMILES string of the molecule is COc1cc(OC)c(NC(=O)Cn2ncc3ccccc3c2=O)cc1Cl. The summed E-state index contributed by atoms with van der Waals surface area (Å²) in [5.41, 5.74) is 0.0371. The van der Waals surface area contributed by atoms with Gasteiger partial charge in [0.1, 0.15) is 18.0 Å². The highest BCUT2D eigenvalue weighted by Crippen LogP contribution is 2.35. The first-order chi connectivity index (χ1) is 12.5. The number of methoxy groups -OCH3 is 2. The minimum Gasteiger partial charge on any atom is -0.495 e. The molecule has 0 fully saturated rings. The Kier molecular flexibility index (Phi) is 5.09. The molecule has 1 amide bonds. The monoisotopic (exact) mass is 373 g/mol. The zero-order valence-electron chi connectivity index (χ0n) is 14.2. The lowest BCUT2D eigenvalue weighted by atomic mass is 10.2. The summed E-state index contributed by atoms with van der Waals surface area (Å²) < 4.78 is 11.5. The Morgan fingerprint density at radius 1 is 1.19 bits per heavy atom. The fourth-order valence-electron chi connectivity index (χ4n) is 2.52. The van der Waals surface area contributed by atoms with E-state index in [9.17, 15) is 9.59 Å². The number of hydrogen-bond acceptors (Lipinski definition) is 5. The van der Waals surface area contributed by atoms with E-state index in [1.54, 1.807) is 30.5 Å². The van der Waals surface area contributed by atoms with Gasteiger partial charge in [-0.15, -0.1) is 0 Å². The minimum absolute atomic E-state index is 0.240. The van der Waals surface area contributed by atoms with Crippen molar-refractivity contribution in [3.63, 3.8) is 0 Å². The number of aromatic nitrogens is 2. The minimum atomic E-state index is -0.436. The van der Waals surface area contributed by atoms with Crippen LogP contribution in [0.1, 0.15) is 0 Å². The molecule has 0 saturated heterocycles. The molecule has 0 aliphatic carbocycles. The van der Waals surface area contributed by atoms with Gasteiger partial charge in [0.15, 0.2) is 0 Å². The number of halogens is 1. The highest BCUT2D eigenvalue weighted by molar-refractivity contribution is 6.32. The normalized spacial score (nSPS) is 10.6. The Balaban J connectivity index is 1.85. The molecular formula is C18H16ClN3O4. The van der Waals surface area contributed by atoms with Crippen LogP contribution in [0.15, 0.2) is 47.4 Å². The van der Waals surface area contributed by atoms with Crippen LogP contribution in [-0.4, -0.2) is 29.9 Å². The van der Waals surface area contributed by atoms with Crippen LogP contribution < -0.4 is 20.3 Å². The van der Waals surface area contributed by atoms with Crippen molar-refractivity contribution in [3.05, 3.63) is 58.0 Å². The van der Waals surface area contributed by atoms with E-state index >= 15 is 0 Å². The van der Waals surface area contributed by atoms with Gasteiger partial charge in [-0.1, -0.05) is 29.8 Å². The van der Waals surface area contributed by atoms with Crippen LogP contribution in [0.5, 0.6) is 11.5 Å². The molecule has 3 aromatic rings. The summed E-state index contributed by atoms with van der Waals surface area (Å²) in [4.78, 5) is 24.8. The Morgan fingerprint density at radius 3 is 2.65 bits per heavy atom. The van der Waals surface area contributed by atoms with Gasteiger partial charge < -0.3 is 14.8 Å². The summed E-state index contributed by atoms with van der Waals surface area (Å²) >= 11 is 6.09. The molecule has 0 spiro atoms. The van der Waals surface area contributed by atoms with E-state index in [4.69, 9.17) is 21.1 Å². The molecule has 0 aliphatic rings. The summed E-state index contributed by atoms with van der Waals surface area (Å²) in [6.45, 7) is -0.240. The third-order valence-electron chi connectivity index (χ3n) is 3.80. The van der Waals surface area contributed by atoms with E-state index in [-0.39, 0.29) is 12.1 Å². The highest BCUT2D eigenvalue weighted by atomic mass is 35.5. The molecule has 1 aromatic heterocycles. The number of hydrogen-bond donors (Lipinski definition) is 1. The zero-order chi connectivity index (χ0) is 18.7. The number of benzene rings is 2. The summed E-state index contributed by atoms with van der Waals surface area (Å²) in [7, 11) is 2.95. The molecule has 0 unspecified atom stereocenters. The summed E-state index contributed by atoms with van der Waals surface area (Å²) in [5.74, 6) is 0.377. The lowest BCUT2D eigenvalue weighted by Gasteiger charge is -2.13. The number of fused-ring (bicyclic) bond motifs is 1. The van der Waals surface area contributed by atoms with Crippen molar-refractivity contribution in [2.24, 2.45) is 0 Å². The lowest BCUT2D eigenvalue weighted by molar-refractivity contribution is -0.117. The fourth-order valence-corrected chi connectivity index (χ4v) is 2.76. The molecular weight excluding hydrogens is 358 g/mol. The largest absolute Gasteiger partial charge is 0.495 e. The van der Waals surface area contributed by atoms with Crippen molar-refractivity contribution in [3.8, 4) is 11.5 Å². The number of nitrogens with one attached hydrogen (secondary N) is 1. The number of amides is 1. The Labute approximate surface area is 154 Å². The number of ether oxygens (including phenoxy) is 2. The van der Waals surface area contributed by atoms with E-state index in [1.165, 1.54) is 20.3 Å².